The molecule has 1 aromatic carbocycles. The smallest absolute Gasteiger partial charge is 0.331 e. The average molecular weight is 469 g/mol. The van der Waals surface area contributed by atoms with Crippen LogP contribution in [0.3, 0.4) is 0 Å². The van der Waals surface area contributed by atoms with Crippen LogP contribution < -0.4 is 16.6 Å². The van der Waals surface area contributed by atoms with Crippen LogP contribution >= 0.6 is 11.3 Å². The third-order valence-corrected chi connectivity index (χ3v) is 5.68. The first-order valence-corrected chi connectivity index (χ1v) is 11.1. The molecule has 0 bridgehead atoms. The lowest BCUT2D eigenvalue weighted by molar-refractivity contribution is -0.148. The number of benzene rings is 1. The predicted molar refractivity (Wildman–Crippen MR) is 127 cm³/mol. The molecular weight excluding hydrogens is 444 g/mol. The van der Waals surface area contributed by atoms with E-state index in [1.807, 2.05) is 29.6 Å². The highest BCUT2D eigenvalue weighted by atomic mass is 32.1. The van der Waals surface area contributed by atoms with Crippen LogP contribution in [0.15, 0.2) is 51.5 Å². The Hall–Kier alpha value is -3.79. The van der Waals surface area contributed by atoms with Gasteiger partial charge in [0.2, 0.25) is 0 Å². The molecule has 0 aliphatic heterocycles. The van der Waals surface area contributed by atoms with E-state index in [1.165, 1.54) is 54.8 Å². The fourth-order valence-corrected chi connectivity index (χ4v) is 3.68. The van der Waals surface area contributed by atoms with Gasteiger partial charge in [0.25, 0.3) is 11.5 Å². The standard InChI is InChI=1S/C23H24N4O5S/c1-5-15-6-8-16(9-7-15)18-13-33-22(24-18)25-20(29)14(2)32-19(28)11-10-17-12-26(3)23(31)27(4)21(17)30/h6-14H,5H2,1-4H3,(H,24,25,29)/b11-10+. The zero-order valence-electron chi connectivity index (χ0n) is 18.7. The molecule has 0 aliphatic carbocycles. The first kappa shape index (κ1) is 23.9. The van der Waals surface area contributed by atoms with Crippen molar-refractivity contribution in [1.82, 2.24) is 14.1 Å². The molecule has 1 amide bonds. The lowest BCUT2D eigenvalue weighted by atomic mass is 10.1. The van der Waals surface area contributed by atoms with E-state index in [0.29, 0.717) is 5.13 Å². The number of aromatic nitrogens is 3. The van der Waals surface area contributed by atoms with E-state index in [9.17, 15) is 19.2 Å². The predicted octanol–water partition coefficient (Wildman–Crippen LogP) is 2.35. The Morgan fingerprint density at radius 1 is 1.21 bits per heavy atom. The highest BCUT2D eigenvalue weighted by molar-refractivity contribution is 7.14. The largest absolute Gasteiger partial charge is 0.449 e. The second-order valence-electron chi connectivity index (χ2n) is 7.33. The summed E-state index contributed by atoms with van der Waals surface area (Å²) in [5.74, 6) is -1.33. The van der Waals surface area contributed by atoms with Crippen molar-refractivity contribution in [2.75, 3.05) is 5.32 Å². The van der Waals surface area contributed by atoms with Gasteiger partial charge in [0.05, 0.1) is 11.3 Å². The monoisotopic (exact) mass is 468 g/mol. The third-order valence-electron chi connectivity index (χ3n) is 4.93. The Morgan fingerprint density at radius 3 is 2.58 bits per heavy atom. The SMILES string of the molecule is CCc1ccc(-c2csc(NC(=O)C(C)OC(=O)/C=C/c3cn(C)c(=O)n(C)c3=O)n2)cc1. The van der Waals surface area contributed by atoms with Gasteiger partial charge in [-0.3, -0.25) is 19.5 Å². The molecule has 0 radical (unpaired) electrons. The molecule has 2 aromatic heterocycles. The number of anilines is 1. The Morgan fingerprint density at radius 2 is 1.91 bits per heavy atom. The number of hydrogen-bond donors (Lipinski definition) is 1. The molecule has 0 saturated carbocycles. The maximum absolute atomic E-state index is 12.4. The fraction of sp³-hybridized carbons (Fsp3) is 0.261. The second-order valence-corrected chi connectivity index (χ2v) is 8.19. The van der Waals surface area contributed by atoms with E-state index >= 15 is 0 Å². The Balaban J connectivity index is 1.60. The van der Waals surface area contributed by atoms with Gasteiger partial charge in [-0.15, -0.1) is 11.3 Å². The average Bonchev–Trinajstić information content (AvgIpc) is 3.27. The summed E-state index contributed by atoms with van der Waals surface area (Å²) in [6.45, 7) is 3.52. The van der Waals surface area contributed by atoms with Crippen molar-refractivity contribution in [1.29, 1.82) is 0 Å². The quantitative estimate of drug-likeness (QED) is 0.421. The minimum absolute atomic E-state index is 0.135. The van der Waals surface area contributed by atoms with Gasteiger partial charge in [0, 0.05) is 37.3 Å². The number of nitrogens with zero attached hydrogens (tertiary/aromatic N) is 3. The number of esters is 1. The van der Waals surface area contributed by atoms with E-state index in [-0.39, 0.29) is 5.56 Å². The van der Waals surface area contributed by atoms with Crippen molar-refractivity contribution in [3.63, 3.8) is 0 Å². The molecule has 172 valence electrons. The van der Waals surface area contributed by atoms with E-state index in [4.69, 9.17) is 4.74 Å². The lowest BCUT2D eigenvalue weighted by Gasteiger charge is -2.10. The summed E-state index contributed by atoms with van der Waals surface area (Å²) in [7, 11) is 2.84. The normalized spacial score (nSPS) is 12.0. The molecule has 0 aliphatic rings. The molecule has 0 saturated heterocycles. The minimum Gasteiger partial charge on any atom is -0.449 e. The number of ether oxygens (including phenoxy) is 1. The van der Waals surface area contributed by atoms with Gasteiger partial charge in [0.15, 0.2) is 11.2 Å². The molecule has 9 nitrogen and oxygen atoms in total. The maximum atomic E-state index is 12.4. The van der Waals surface area contributed by atoms with Gasteiger partial charge in [-0.25, -0.2) is 14.6 Å². The Bertz CT molecular complexity index is 1320. The van der Waals surface area contributed by atoms with Crippen LogP contribution in [0.1, 0.15) is 25.0 Å². The molecule has 3 aromatic rings. The van der Waals surface area contributed by atoms with Crippen molar-refractivity contribution >= 4 is 34.4 Å². The van der Waals surface area contributed by atoms with Crippen LogP contribution in [0.25, 0.3) is 17.3 Å². The number of hydrogen-bond acceptors (Lipinski definition) is 7. The molecule has 3 rings (SSSR count). The molecule has 2 heterocycles. The summed E-state index contributed by atoms with van der Waals surface area (Å²) >= 11 is 1.27. The van der Waals surface area contributed by atoms with Crippen LogP contribution in [0, 0.1) is 0 Å². The number of rotatable bonds is 7. The topological polar surface area (TPSA) is 112 Å². The van der Waals surface area contributed by atoms with Crippen molar-refractivity contribution < 1.29 is 14.3 Å². The summed E-state index contributed by atoms with van der Waals surface area (Å²) in [5.41, 5.74) is 2.02. The number of carbonyl (C=O) groups is 2. The van der Waals surface area contributed by atoms with Gasteiger partial charge in [-0.05, 0) is 25.0 Å². The van der Waals surface area contributed by atoms with Crippen LogP contribution in [0.2, 0.25) is 0 Å². The summed E-state index contributed by atoms with van der Waals surface area (Å²) in [4.78, 5) is 52.7. The summed E-state index contributed by atoms with van der Waals surface area (Å²) < 4.78 is 7.27. The molecule has 1 unspecified atom stereocenters. The van der Waals surface area contributed by atoms with E-state index in [1.54, 1.807) is 0 Å². The number of carbonyl (C=O) groups excluding carboxylic acids is 2. The van der Waals surface area contributed by atoms with Gasteiger partial charge >= 0.3 is 11.7 Å². The molecule has 0 fully saturated rings. The highest BCUT2D eigenvalue weighted by Gasteiger charge is 2.18. The van der Waals surface area contributed by atoms with Gasteiger partial charge in [0.1, 0.15) is 0 Å². The zero-order valence-corrected chi connectivity index (χ0v) is 19.5. The maximum Gasteiger partial charge on any atom is 0.331 e. The summed E-state index contributed by atoms with van der Waals surface area (Å²) in [6, 6.07) is 8.03. The van der Waals surface area contributed by atoms with Gasteiger partial charge < -0.3 is 9.30 Å². The Labute approximate surface area is 194 Å². The van der Waals surface area contributed by atoms with Crippen LogP contribution in [-0.4, -0.2) is 32.1 Å². The van der Waals surface area contributed by atoms with E-state index in [2.05, 4.69) is 17.2 Å². The number of thiazole rings is 1. The van der Waals surface area contributed by atoms with Crippen molar-refractivity contribution in [3.05, 3.63) is 73.9 Å². The van der Waals surface area contributed by atoms with Crippen LogP contribution in [0.5, 0.6) is 0 Å². The van der Waals surface area contributed by atoms with Gasteiger partial charge in [-0.2, -0.15) is 0 Å². The number of nitrogens with one attached hydrogen (secondary N) is 1. The molecule has 10 heteroatoms. The molecule has 33 heavy (non-hydrogen) atoms. The second kappa shape index (κ2) is 10.2. The molecule has 1 N–H and O–H groups in total. The number of amides is 1. The number of aryl methyl sites for hydroxylation is 2. The van der Waals surface area contributed by atoms with Crippen molar-refractivity contribution in [3.8, 4) is 11.3 Å². The summed E-state index contributed by atoms with van der Waals surface area (Å²) in [5, 5.41) is 4.87. The zero-order chi connectivity index (χ0) is 24.1. The summed E-state index contributed by atoms with van der Waals surface area (Å²) in [6.07, 6.45) is 3.46. The van der Waals surface area contributed by atoms with Gasteiger partial charge in [-0.1, -0.05) is 31.2 Å². The molecule has 1 atom stereocenters. The first-order chi connectivity index (χ1) is 15.7. The lowest BCUT2D eigenvalue weighted by Crippen LogP contribution is -2.37. The molecule has 0 spiro atoms. The van der Waals surface area contributed by atoms with Crippen LogP contribution in [-0.2, 0) is 34.8 Å². The highest BCUT2D eigenvalue weighted by Crippen LogP contribution is 2.25. The van der Waals surface area contributed by atoms with Crippen LogP contribution in [0.4, 0.5) is 5.13 Å². The fourth-order valence-electron chi connectivity index (χ4n) is 2.96. The van der Waals surface area contributed by atoms with E-state index < -0.39 is 29.2 Å². The first-order valence-electron chi connectivity index (χ1n) is 10.2. The Kier molecular flexibility index (Phi) is 7.39. The molecular formula is C23H24N4O5S. The minimum atomic E-state index is -1.08. The third kappa shape index (κ3) is 5.72. The van der Waals surface area contributed by atoms with Crippen molar-refractivity contribution in [2.45, 2.75) is 26.4 Å². The van der Waals surface area contributed by atoms with E-state index in [0.717, 1.165) is 28.3 Å². The van der Waals surface area contributed by atoms with Crippen molar-refractivity contribution in [2.24, 2.45) is 14.1 Å².